The highest BCUT2D eigenvalue weighted by Crippen LogP contribution is 2.21. The quantitative estimate of drug-likeness (QED) is 0.765. The first-order chi connectivity index (χ1) is 10.7. The number of rotatable bonds is 5. The van der Waals surface area contributed by atoms with E-state index in [1.54, 1.807) is 35.6 Å². The van der Waals surface area contributed by atoms with Crippen LogP contribution in [-0.2, 0) is 16.1 Å². The van der Waals surface area contributed by atoms with Crippen molar-refractivity contribution in [3.8, 4) is 0 Å². The maximum absolute atomic E-state index is 11.8. The van der Waals surface area contributed by atoms with Gasteiger partial charge in [0.05, 0.1) is 16.8 Å². The van der Waals surface area contributed by atoms with Gasteiger partial charge in [0.1, 0.15) is 11.6 Å². The van der Waals surface area contributed by atoms with Crippen molar-refractivity contribution in [1.29, 1.82) is 0 Å². The van der Waals surface area contributed by atoms with Crippen LogP contribution in [0.1, 0.15) is 5.01 Å². The molecule has 0 bridgehead atoms. The van der Waals surface area contributed by atoms with Crippen molar-refractivity contribution >= 4 is 44.7 Å². The molecule has 0 aliphatic heterocycles. The fourth-order valence-electron chi connectivity index (χ4n) is 1.94. The maximum Gasteiger partial charge on any atom is 0.250 e. The minimum absolute atomic E-state index is 0.0153. The molecule has 1 N–H and O–H groups in total. The molecule has 3 rings (SSSR count). The van der Waals surface area contributed by atoms with Crippen LogP contribution in [0.15, 0.2) is 48.5 Å². The first-order valence-corrected chi connectivity index (χ1v) is 7.88. The predicted octanol–water partition coefficient (Wildman–Crippen LogP) is 4.11. The molecule has 3 aromatic rings. The fraction of sp³-hybridized carbons (Fsp3) is 0.125. The van der Waals surface area contributed by atoms with Gasteiger partial charge in [-0.2, -0.15) is 0 Å². The molecule has 6 heteroatoms. The minimum Gasteiger partial charge on any atom is -0.364 e. The van der Waals surface area contributed by atoms with Gasteiger partial charge in [-0.3, -0.25) is 4.79 Å². The van der Waals surface area contributed by atoms with Crippen LogP contribution in [0, 0.1) is 0 Å². The van der Waals surface area contributed by atoms with E-state index in [1.807, 2.05) is 24.3 Å². The molecule has 2 aromatic carbocycles. The highest BCUT2D eigenvalue weighted by Gasteiger charge is 2.06. The molecule has 1 amide bonds. The summed E-state index contributed by atoms with van der Waals surface area (Å²) in [5, 5.41) is 4.23. The van der Waals surface area contributed by atoms with E-state index in [-0.39, 0.29) is 12.5 Å². The molecule has 0 saturated carbocycles. The number of ether oxygens (including phenoxy) is 1. The second-order valence-corrected chi connectivity index (χ2v) is 6.17. The van der Waals surface area contributed by atoms with Gasteiger partial charge in [0.25, 0.3) is 0 Å². The molecule has 1 aromatic heterocycles. The second kappa shape index (κ2) is 6.87. The van der Waals surface area contributed by atoms with E-state index in [4.69, 9.17) is 16.3 Å². The van der Waals surface area contributed by atoms with Crippen LogP contribution < -0.4 is 5.32 Å². The second-order valence-electron chi connectivity index (χ2n) is 4.62. The molecule has 0 atom stereocenters. The van der Waals surface area contributed by atoms with Gasteiger partial charge in [-0.25, -0.2) is 4.98 Å². The zero-order valence-electron chi connectivity index (χ0n) is 11.6. The Labute approximate surface area is 136 Å². The van der Waals surface area contributed by atoms with Gasteiger partial charge in [0, 0.05) is 10.7 Å². The number of nitrogens with zero attached hydrogens (tertiary/aromatic N) is 1. The number of nitrogens with one attached hydrogen (secondary N) is 1. The van der Waals surface area contributed by atoms with Crippen LogP contribution in [0.25, 0.3) is 10.2 Å². The largest absolute Gasteiger partial charge is 0.364 e. The summed E-state index contributed by atoms with van der Waals surface area (Å²) < 4.78 is 6.53. The average molecular weight is 333 g/mol. The molecule has 0 aliphatic rings. The minimum atomic E-state index is -0.205. The molecule has 112 valence electrons. The van der Waals surface area contributed by atoms with Gasteiger partial charge >= 0.3 is 0 Å². The number of amides is 1. The summed E-state index contributed by atoms with van der Waals surface area (Å²) in [7, 11) is 0. The van der Waals surface area contributed by atoms with Crippen molar-refractivity contribution in [1.82, 2.24) is 4.98 Å². The number of benzene rings is 2. The standard InChI is InChI=1S/C16H13ClN2O2S/c17-11-5-7-12(8-6-11)18-15(20)9-21-10-16-19-13-3-1-2-4-14(13)22-16/h1-8H,9-10H2,(H,18,20). The third-order valence-electron chi connectivity index (χ3n) is 2.92. The van der Waals surface area contributed by atoms with E-state index < -0.39 is 0 Å². The third kappa shape index (κ3) is 3.82. The molecular weight excluding hydrogens is 320 g/mol. The SMILES string of the molecule is O=C(COCc1nc2ccccc2s1)Nc1ccc(Cl)cc1. The van der Waals surface area contributed by atoms with Gasteiger partial charge < -0.3 is 10.1 Å². The number of hydrogen-bond acceptors (Lipinski definition) is 4. The van der Waals surface area contributed by atoms with Crippen molar-refractivity contribution in [3.63, 3.8) is 0 Å². The molecule has 0 unspecified atom stereocenters. The number of hydrogen-bond donors (Lipinski definition) is 1. The Hall–Kier alpha value is -1.95. The Morgan fingerprint density at radius 2 is 1.95 bits per heavy atom. The molecule has 22 heavy (non-hydrogen) atoms. The van der Waals surface area contributed by atoms with E-state index in [0.717, 1.165) is 15.2 Å². The molecular formula is C16H13ClN2O2S. The first-order valence-electron chi connectivity index (χ1n) is 6.68. The molecule has 0 radical (unpaired) electrons. The van der Waals surface area contributed by atoms with E-state index in [1.165, 1.54) is 0 Å². The van der Waals surface area contributed by atoms with Gasteiger partial charge in [-0.15, -0.1) is 11.3 Å². The molecule has 1 heterocycles. The van der Waals surface area contributed by atoms with Crippen LogP contribution in [0.2, 0.25) is 5.02 Å². The Kier molecular flexibility index (Phi) is 4.68. The van der Waals surface area contributed by atoms with Crippen molar-refractivity contribution in [2.75, 3.05) is 11.9 Å². The average Bonchev–Trinajstić information content (AvgIpc) is 2.92. The molecule has 4 nitrogen and oxygen atoms in total. The first kappa shape index (κ1) is 15.0. The van der Waals surface area contributed by atoms with Crippen molar-refractivity contribution in [2.45, 2.75) is 6.61 Å². The predicted molar refractivity (Wildman–Crippen MR) is 89.4 cm³/mol. The number of halogens is 1. The summed E-state index contributed by atoms with van der Waals surface area (Å²) in [6.07, 6.45) is 0. The van der Waals surface area contributed by atoms with Crippen LogP contribution >= 0.6 is 22.9 Å². The molecule has 0 saturated heterocycles. The van der Waals surface area contributed by atoms with Crippen molar-refractivity contribution in [3.05, 3.63) is 58.6 Å². The Morgan fingerprint density at radius 1 is 1.18 bits per heavy atom. The monoisotopic (exact) mass is 332 g/mol. The summed E-state index contributed by atoms with van der Waals surface area (Å²) in [6, 6.07) is 14.8. The highest BCUT2D eigenvalue weighted by atomic mass is 35.5. The Balaban J connectivity index is 1.49. The maximum atomic E-state index is 11.8. The Morgan fingerprint density at radius 3 is 2.73 bits per heavy atom. The van der Waals surface area contributed by atoms with Gasteiger partial charge in [-0.1, -0.05) is 23.7 Å². The zero-order chi connectivity index (χ0) is 15.4. The summed E-state index contributed by atoms with van der Waals surface area (Å²) in [5.41, 5.74) is 1.65. The normalized spacial score (nSPS) is 10.8. The van der Waals surface area contributed by atoms with Crippen LogP contribution in [0.5, 0.6) is 0 Å². The lowest BCUT2D eigenvalue weighted by Crippen LogP contribution is -2.18. The van der Waals surface area contributed by atoms with Crippen LogP contribution in [-0.4, -0.2) is 17.5 Å². The van der Waals surface area contributed by atoms with Gasteiger partial charge in [0.15, 0.2) is 0 Å². The van der Waals surface area contributed by atoms with Crippen molar-refractivity contribution in [2.24, 2.45) is 0 Å². The number of anilines is 1. The lowest BCUT2D eigenvalue weighted by atomic mass is 10.3. The summed E-state index contributed by atoms with van der Waals surface area (Å²) in [4.78, 5) is 16.2. The van der Waals surface area contributed by atoms with Crippen LogP contribution in [0.4, 0.5) is 5.69 Å². The van der Waals surface area contributed by atoms with Crippen LogP contribution in [0.3, 0.4) is 0 Å². The number of aromatic nitrogens is 1. The summed E-state index contributed by atoms with van der Waals surface area (Å²) in [6.45, 7) is 0.311. The number of fused-ring (bicyclic) bond motifs is 1. The number of carbonyl (C=O) groups excluding carboxylic acids is 1. The van der Waals surface area contributed by atoms with E-state index >= 15 is 0 Å². The lowest BCUT2D eigenvalue weighted by Gasteiger charge is -2.05. The highest BCUT2D eigenvalue weighted by molar-refractivity contribution is 7.18. The smallest absolute Gasteiger partial charge is 0.250 e. The summed E-state index contributed by atoms with van der Waals surface area (Å²) >= 11 is 7.36. The number of para-hydroxylation sites is 1. The van der Waals surface area contributed by atoms with Gasteiger partial charge in [0.2, 0.25) is 5.91 Å². The van der Waals surface area contributed by atoms with E-state index in [9.17, 15) is 4.79 Å². The third-order valence-corrected chi connectivity index (χ3v) is 4.19. The van der Waals surface area contributed by atoms with E-state index in [0.29, 0.717) is 17.3 Å². The van der Waals surface area contributed by atoms with Crippen molar-refractivity contribution < 1.29 is 9.53 Å². The summed E-state index contributed by atoms with van der Waals surface area (Å²) in [5.74, 6) is -0.205. The van der Waals surface area contributed by atoms with Gasteiger partial charge in [-0.05, 0) is 36.4 Å². The molecule has 0 aliphatic carbocycles. The number of thiazole rings is 1. The topological polar surface area (TPSA) is 51.2 Å². The molecule has 0 spiro atoms. The number of carbonyl (C=O) groups is 1. The zero-order valence-corrected chi connectivity index (χ0v) is 13.2. The molecule has 0 fully saturated rings. The fourth-order valence-corrected chi connectivity index (χ4v) is 2.97. The van der Waals surface area contributed by atoms with E-state index in [2.05, 4.69) is 10.3 Å². The Bertz CT molecular complexity index is 753. The lowest BCUT2D eigenvalue weighted by molar-refractivity contribution is -0.121.